The average molecular weight is 315 g/mol. The van der Waals surface area contributed by atoms with E-state index >= 15 is 0 Å². The Labute approximate surface area is 130 Å². The standard InChI is InChI=1S/C14H25N3O5/c1-9(2)11(12(18)22-5)15(4)13(19)17-7-6-16(14(20)21)8-10(17)3/h9-11H,6-8H2,1-5H3,(H,20,21)/t10?,11-/m0/s1. The number of hydrogen-bond donors (Lipinski definition) is 1. The molecule has 0 saturated carbocycles. The lowest BCUT2D eigenvalue weighted by Gasteiger charge is -2.41. The summed E-state index contributed by atoms with van der Waals surface area (Å²) >= 11 is 0. The van der Waals surface area contributed by atoms with Gasteiger partial charge in [0.05, 0.1) is 7.11 Å². The summed E-state index contributed by atoms with van der Waals surface area (Å²) in [7, 11) is 2.87. The number of carbonyl (C=O) groups excluding carboxylic acids is 2. The van der Waals surface area contributed by atoms with E-state index in [9.17, 15) is 14.4 Å². The third-order valence-corrected chi connectivity index (χ3v) is 3.94. The molecule has 1 fully saturated rings. The third-order valence-electron chi connectivity index (χ3n) is 3.94. The van der Waals surface area contributed by atoms with Crippen molar-refractivity contribution >= 4 is 18.1 Å². The van der Waals surface area contributed by atoms with Crippen LogP contribution in [0.1, 0.15) is 20.8 Å². The first-order chi connectivity index (χ1) is 10.2. The van der Waals surface area contributed by atoms with Crippen LogP contribution in [0.2, 0.25) is 0 Å². The molecule has 0 aromatic carbocycles. The molecule has 8 nitrogen and oxygen atoms in total. The third kappa shape index (κ3) is 3.80. The van der Waals surface area contributed by atoms with E-state index in [1.807, 2.05) is 13.8 Å². The Kier molecular flexibility index (Phi) is 6.01. The molecule has 1 heterocycles. The van der Waals surface area contributed by atoms with Gasteiger partial charge in [0.25, 0.3) is 0 Å². The van der Waals surface area contributed by atoms with Gasteiger partial charge in [-0.05, 0) is 12.8 Å². The van der Waals surface area contributed by atoms with Gasteiger partial charge in [-0.15, -0.1) is 0 Å². The Hall–Kier alpha value is -1.99. The quantitative estimate of drug-likeness (QED) is 0.782. The van der Waals surface area contributed by atoms with Gasteiger partial charge in [0.1, 0.15) is 6.04 Å². The van der Waals surface area contributed by atoms with E-state index in [4.69, 9.17) is 9.84 Å². The second kappa shape index (κ2) is 7.33. The maximum Gasteiger partial charge on any atom is 0.407 e. The highest BCUT2D eigenvalue weighted by molar-refractivity contribution is 5.84. The Balaban J connectivity index is 2.82. The molecule has 0 radical (unpaired) electrons. The van der Waals surface area contributed by atoms with Crippen molar-refractivity contribution in [1.29, 1.82) is 0 Å². The number of hydrogen-bond acceptors (Lipinski definition) is 4. The molecule has 126 valence electrons. The topological polar surface area (TPSA) is 90.4 Å². The summed E-state index contributed by atoms with van der Waals surface area (Å²) in [5.74, 6) is -0.542. The molecule has 3 amide bonds. The minimum Gasteiger partial charge on any atom is -0.467 e. The van der Waals surface area contributed by atoms with Crippen LogP contribution in [0, 0.1) is 5.92 Å². The van der Waals surface area contributed by atoms with E-state index in [1.165, 1.54) is 16.9 Å². The molecule has 0 bridgehead atoms. The van der Waals surface area contributed by atoms with Crippen LogP contribution in [0.15, 0.2) is 0 Å². The van der Waals surface area contributed by atoms with Crippen LogP contribution in [0.4, 0.5) is 9.59 Å². The highest BCUT2D eigenvalue weighted by Crippen LogP contribution is 2.17. The molecule has 1 aliphatic rings. The molecule has 2 atom stereocenters. The first-order valence-electron chi connectivity index (χ1n) is 7.29. The van der Waals surface area contributed by atoms with E-state index in [1.54, 1.807) is 18.9 Å². The summed E-state index contributed by atoms with van der Waals surface area (Å²) in [6.07, 6.45) is -0.984. The van der Waals surface area contributed by atoms with Crippen molar-refractivity contribution in [3.63, 3.8) is 0 Å². The zero-order valence-electron chi connectivity index (χ0n) is 13.8. The van der Waals surface area contributed by atoms with Crippen LogP contribution in [0.25, 0.3) is 0 Å². The normalized spacial score (nSPS) is 19.8. The van der Waals surface area contributed by atoms with Crippen LogP contribution in [0.3, 0.4) is 0 Å². The van der Waals surface area contributed by atoms with Crippen LogP contribution in [0.5, 0.6) is 0 Å². The van der Waals surface area contributed by atoms with E-state index in [0.29, 0.717) is 6.54 Å². The van der Waals surface area contributed by atoms with Crippen molar-refractivity contribution in [2.24, 2.45) is 5.92 Å². The maximum absolute atomic E-state index is 12.6. The van der Waals surface area contributed by atoms with Crippen molar-refractivity contribution < 1.29 is 24.2 Å². The van der Waals surface area contributed by atoms with Crippen molar-refractivity contribution in [2.45, 2.75) is 32.9 Å². The number of methoxy groups -OCH3 is 1. The fourth-order valence-corrected chi connectivity index (χ4v) is 2.74. The number of carbonyl (C=O) groups is 3. The Morgan fingerprint density at radius 2 is 1.86 bits per heavy atom. The van der Waals surface area contributed by atoms with Gasteiger partial charge in [-0.25, -0.2) is 14.4 Å². The Morgan fingerprint density at radius 1 is 1.27 bits per heavy atom. The minimum absolute atomic E-state index is 0.0861. The lowest BCUT2D eigenvalue weighted by molar-refractivity contribution is -0.147. The fourth-order valence-electron chi connectivity index (χ4n) is 2.74. The molecule has 1 aliphatic heterocycles. The summed E-state index contributed by atoms with van der Waals surface area (Å²) in [4.78, 5) is 39.8. The highest BCUT2D eigenvalue weighted by atomic mass is 16.5. The number of piperazine rings is 1. The smallest absolute Gasteiger partial charge is 0.407 e. The molecule has 0 aromatic rings. The highest BCUT2D eigenvalue weighted by Gasteiger charge is 2.36. The Morgan fingerprint density at radius 3 is 2.27 bits per heavy atom. The SMILES string of the molecule is COC(=O)[C@H](C(C)C)N(C)C(=O)N1CCN(C(=O)O)CC1C. The van der Waals surface area contributed by atoms with Gasteiger partial charge < -0.3 is 24.5 Å². The molecule has 0 aliphatic carbocycles. The van der Waals surface area contributed by atoms with E-state index in [-0.39, 0.29) is 31.1 Å². The van der Waals surface area contributed by atoms with Gasteiger partial charge in [0, 0.05) is 32.7 Å². The van der Waals surface area contributed by atoms with Gasteiger partial charge >= 0.3 is 18.1 Å². The predicted octanol–water partition coefficient (Wildman–Crippen LogP) is 0.920. The molecule has 0 aromatic heterocycles. The van der Waals surface area contributed by atoms with E-state index in [0.717, 1.165) is 0 Å². The second-order valence-electron chi connectivity index (χ2n) is 5.88. The number of rotatable bonds is 3. The van der Waals surface area contributed by atoms with E-state index in [2.05, 4.69) is 0 Å². The molecule has 1 rings (SSSR count). The zero-order valence-corrected chi connectivity index (χ0v) is 13.8. The summed E-state index contributed by atoms with van der Waals surface area (Å²) in [5, 5.41) is 9.01. The summed E-state index contributed by atoms with van der Waals surface area (Å²) in [6.45, 7) is 6.32. The van der Waals surface area contributed by atoms with Gasteiger partial charge in [-0.2, -0.15) is 0 Å². The number of likely N-dealkylation sites (N-methyl/N-ethyl adjacent to an activating group) is 1. The molecule has 0 spiro atoms. The van der Waals surface area contributed by atoms with Crippen molar-refractivity contribution in [3.05, 3.63) is 0 Å². The first-order valence-corrected chi connectivity index (χ1v) is 7.29. The lowest BCUT2D eigenvalue weighted by atomic mass is 10.0. The second-order valence-corrected chi connectivity index (χ2v) is 5.88. The monoisotopic (exact) mass is 315 g/mol. The van der Waals surface area contributed by atoms with Crippen LogP contribution in [-0.2, 0) is 9.53 Å². The van der Waals surface area contributed by atoms with Crippen molar-refractivity contribution in [1.82, 2.24) is 14.7 Å². The van der Waals surface area contributed by atoms with Crippen LogP contribution in [-0.4, -0.2) is 83.8 Å². The number of amides is 3. The zero-order chi connectivity index (χ0) is 17.0. The number of ether oxygens (including phenoxy) is 1. The molecule has 22 heavy (non-hydrogen) atoms. The molecular formula is C14H25N3O5. The number of carboxylic acid groups (broad SMARTS) is 1. The van der Waals surface area contributed by atoms with Crippen molar-refractivity contribution in [2.75, 3.05) is 33.8 Å². The molecule has 1 unspecified atom stereocenters. The van der Waals surface area contributed by atoms with Gasteiger partial charge in [0.15, 0.2) is 0 Å². The number of urea groups is 1. The summed E-state index contributed by atoms with van der Waals surface area (Å²) < 4.78 is 4.77. The lowest BCUT2D eigenvalue weighted by Crippen LogP contribution is -2.60. The maximum atomic E-state index is 12.6. The van der Waals surface area contributed by atoms with Crippen LogP contribution >= 0.6 is 0 Å². The van der Waals surface area contributed by atoms with Crippen LogP contribution < -0.4 is 0 Å². The average Bonchev–Trinajstić information content (AvgIpc) is 2.45. The van der Waals surface area contributed by atoms with Gasteiger partial charge in [-0.1, -0.05) is 13.8 Å². The fraction of sp³-hybridized carbons (Fsp3) is 0.786. The van der Waals surface area contributed by atoms with Gasteiger partial charge in [-0.3, -0.25) is 0 Å². The summed E-state index contributed by atoms with van der Waals surface area (Å²) in [6, 6.07) is -1.20. The molecule has 8 heteroatoms. The minimum atomic E-state index is -0.984. The largest absolute Gasteiger partial charge is 0.467 e. The molecule has 1 saturated heterocycles. The van der Waals surface area contributed by atoms with E-state index < -0.39 is 18.1 Å². The Bertz CT molecular complexity index is 440. The first kappa shape index (κ1) is 18.1. The predicted molar refractivity (Wildman–Crippen MR) is 79.6 cm³/mol. The summed E-state index contributed by atoms with van der Waals surface area (Å²) in [5.41, 5.74) is 0. The van der Waals surface area contributed by atoms with Crippen molar-refractivity contribution in [3.8, 4) is 0 Å². The number of nitrogens with zero attached hydrogens (tertiary/aromatic N) is 3. The molecule has 1 N–H and O–H groups in total. The van der Waals surface area contributed by atoms with Gasteiger partial charge in [0.2, 0.25) is 0 Å². The molecular weight excluding hydrogens is 290 g/mol. The number of esters is 1.